The summed E-state index contributed by atoms with van der Waals surface area (Å²) in [6, 6.07) is 0. The van der Waals surface area contributed by atoms with Gasteiger partial charge in [-0.05, 0) is 25.2 Å². The Hall–Kier alpha value is -1.06. The largest absolute Gasteiger partial charge is 0.466 e. The first-order chi connectivity index (χ1) is 12.1. The predicted molar refractivity (Wildman–Crippen MR) is 102 cm³/mol. The lowest BCUT2D eigenvalue weighted by molar-refractivity contribution is -0.145. The number of ether oxygens (including phenoxy) is 2. The molecular weight excluding hydrogens is 316 g/mol. The molecule has 0 aliphatic rings. The summed E-state index contributed by atoms with van der Waals surface area (Å²) >= 11 is 0. The average molecular weight is 357 g/mol. The Balaban J connectivity index is 3.40. The molecule has 0 atom stereocenters. The van der Waals surface area contributed by atoms with Gasteiger partial charge in [-0.2, -0.15) is 0 Å². The van der Waals surface area contributed by atoms with Gasteiger partial charge in [0.15, 0.2) is 0 Å². The van der Waals surface area contributed by atoms with Gasteiger partial charge in [-0.25, -0.2) is 0 Å². The smallest absolute Gasteiger partial charge is 0.305 e. The Kier molecular flexibility index (Phi) is 17.0. The van der Waals surface area contributed by atoms with Gasteiger partial charge in [-0.3, -0.25) is 9.59 Å². The molecule has 0 rings (SSSR count). The minimum atomic E-state index is -0.113. The number of hydrogen-bond donors (Lipinski definition) is 0. The molecule has 0 bridgehead atoms. The van der Waals surface area contributed by atoms with Gasteiger partial charge in [0.25, 0.3) is 0 Å². The molecule has 0 aromatic heterocycles. The lowest BCUT2D eigenvalue weighted by atomic mass is 10.1. The summed E-state index contributed by atoms with van der Waals surface area (Å²) in [6.45, 7) is 7.53. The normalized spacial score (nSPS) is 10.9. The Bertz CT molecular complexity index is 324. The van der Waals surface area contributed by atoms with Crippen LogP contribution < -0.4 is 0 Å². The van der Waals surface area contributed by atoms with Crippen molar-refractivity contribution in [2.75, 3.05) is 13.2 Å². The lowest BCUT2D eigenvalue weighted by Gasteiger charge is -2.12. The fourth-order valence-electron chi connectivity index (χ4n) is 2.66. The van der Waals surface area contributed by atoms with E-state index in [9.17, 15) is 9.59 Å². The standard InChI is InChI=1S/C21H40O4/c1-4-7-8-9-10-14-17-24-20(22)15-12-11-13-16-21(23)25-18-19(5-2)6-3/h19H,4-18H2,1-3H3. The number of unbranched alkanes of at least 4 members (excludes halogenated alkanes) is 7. The highest BCUT2D eigenvalue weighted by atomic mass is 16.5. The van der Waals surface area contributed by atoms with E-state index in [0.717, 1.165) is 44.9 Å². The molecule has 0 radical (unpaired) electrons. The van der Waals surface area contributed by atoms with Gasteiger partial charge in [0.1, 0.15) is 0 Å². The molecule has 4 heteroatoms. The number of carbonyl (C=O) groups excluding carboxylic acids is 2. The number of rotatable bonds is 17. The molecule has 0 unspecified atom stereocenters. The molecule has 0 heterocycles. The molecule has 0 spiro atoms. The first kappa shape index (κ1) is 23.9. The van der Waals surface area contributed by atoms with Crippen molar-refractivity contribution in [2.24, 2.45) is 5.92 Å². The summed E-state index contributed by atoms with van der Waals surface area (Å²) < 4.78 is 10.5. The molecule has 25 heavy (non-hydrogen) atoms. The zero-order chi connectivity index (χ0) is 18.8. The van der Waals surface area contributed by atoms with E-state index in [-0.39, 0.29) is 11.9 Å². The highest BCUT2D eigenvalue weighted by molar-refractivity contribution is 5.69. The van der Waals surface area contributed by atoms with E-state index >= 15 is 0 Å². The molecule has 0 amide bonds. The third kappa shape index (κ3) is 16.2. The van der Waals surface area contributed by atoms with Crippen molar-refractivity contribution in [1.82, 2.24) is 0 Å². The van der Waals surface area contributed by atoms with Gasteiger partial charge < -0.3 is 9.47 Å². The second kappa shape index (κ2) is 17.8. The zero-order valence-electron chi connectivity index (χ0n) is 16.8. The first-order valence-corrected chi connectivity index (χ1v) is 10.4. The Morgan fingerprint density at radius 2 is 1.20 bits per heavy atom. The van der Waals surface area contributed by atoms with Crippen molar-refractivity contribution in [3.8, 4) is 0 Å². The molecule has 0 aromatic carbocycles. The van der Waals surface area contributed by atoms with Gasteiger partial charge in [-0.1, -0.05) is 72.1 Å². The molecule has 0 aromatic rings. The van der Waals surface area contributed by atoms with Crippen LogP contribution in [-0.4, -0.2) is 25.2 Å². The minimum absolute atomic E-state index is 0.107. The van der Waals surface area contributed by atoms with Gasteiger partial charge in [0.2, 0.25) is 0 Å². The van der Waals surface area contributed by atoms with Crippen LogP contribution in [0.2, 0.25) is 0 Å². The summed E-state index contributed by atoms with van der Waals surface area (Å²) in [5.41, 5.74) is 0. The van der Waals surface area contributed by atoms with Crippen molar-refractivity contribution in [3.05, 3.63) is 0 Å². The van der Waals surface area contributed by atoms with E-state index in [0.29, 0.717) is 32.0 Å². The summed E-state index contributed by atoms with van der Waals surface area (Å²) in [5, 5.41) is 0. The highest BCUT2D eigenvalue weighted by Crippen LogP contribution is 2.10. The van der Waals surface area contributed by atoms with E-state index < -0.39 is 0 Å². The molecule has 0 aliphatic carbocycles. The average Bonchev–Trinajstić information content (AvgIpc) is 2.61. The molecule has 0 saturated heterocycles. The zero-order valence-corrected chi connectivity index (χ0v) is 16.8. The van der Waals surface area contributed by atoms with E-state index in [1.807, 2.05) is 0 Å². The molecule has 0 fully saturated rings. The van der Waals surface area contributed by atoms with Crippen molar-refractivity contribution in [2.45, 2.75) is 104 Å². The van der Waals surface area contributed by atoms with Crippen LogP contribution in [-0.2, 0) is 19.1 Å². The van der Waals surface area contributed by atoms with Crippen molar-refractivity contribution in [3.63, 3.8) is 0 Å². The van der Waals surface area contributed by atoms with Gasteiger partial charge in [0.05, 0.1) is 13.2 Å². The van der Waals surface area contributed by atoms with Crippen LogP contribution in [0.4, 0.5) is 0 Å². The van der Waals surface area contributed by atoms with Gasteiger partial charge >= 0.3 is 11.9 Å². The Labute approximate surface area is 155 Å². The van der Waals surface area contributed by atoms with E-state index in [2.05, 4.69) is 20.8 Å². The van der Waals surface area contributed by atoms with Crippen LogP contribution in [0.1, 0.15) is 104 Å². The maximum absolute atomic E-state index is 11.6. The minimum Gasteiger partial charge on any atom is -0.466 e. The molecule has 4 nitrogen and oxygen atoms in total. The Morgan fingerprint density at radius 3 is 1.80 bits per heavy atom. The maximum Gasteiger partial charge on any atom is 0.305 e. The molecule has 0 saturated carbocycles. The fourth-order valence-corrected chi connectivity index (χ4v) is 2.66. The third-order valence-corrected chi connectivity index (χ3v) is 4.66. The SMILES string of the molecule is CCCCCCCCOC(=O)CCCCCC(=O)OCC(CC)CC. The van der Waals surface area contributed by atoms with E-state index in [1.165, 1.54) is 25.7 Å². The second-order valence-electron chi connectivity index (χ2n) is 6.91. The summed E-state index contributed by atoms with van der Waals surface area (Å²) in [7, 11) is 0. The molecular formula is C21H40O4. The van der Waals surface area contributed by atoms with Gasteiger partial charge in [0, 0.05) is 12.8 Å². The Morgan fingerprint density at radius 1 is 0.680 bits per heavy atom. The van der Waals surface area contributed by atoms with E-state index in [4.69, 9.17) is 9.47 Å². The summed E-state index contributed by atoms with van der Waals surface area (Å²) in [4.78, 5) is 23.2. The third-order valence-electron chi connectivity index (χ3n) is 4.66. The van der Waals surface area contributed by atoms with Crippen LogP contribution in [0.5, 0.6) is 0 Å². The van der Waals surface area contributed by atoms with Crippen LogP contribution in [0.15, 0.2) is 0 Å². The topological polar surface area (TPSA) is 52.6 Å². The molecule has 0 aliphatic heterocycles. The number of hydrogen-bond acceptors (Lipinski definition) is 4. The van der Waals surface area contributed by atoms with Crippen molar-refractivity contribution in [1.29, 1.82) is 0 Å². The highest BCUT2D eigenvalue weighted by Gasteiger charge is 2.08. The van der Waals surface area contributed by atoms with Crippen LogP contribution >= 0.6 is 0 Å². The maximum atomic E-state index is 11.6. The van der Waals surface area contributed by atoms with Crippen LogP contribution in [0.25, 0.3) is 0 Å². The van der Waals surface area contributed by atoms with Crippen LogP contribution in [0, 0.1) is 5.92 Å². The van der Waals surface area contributed by atoms with Gasteiger partial charge in [-0.15, -0.1) is 0 Å². The lowest BCUT2D eigenvalue weighted by Crippen LogP contribution is -2.13. The monoisotopic (exact) mass is 356 g/mol. The summed E-state index contributed by atoms with van der Waals surface area (Å²) in [5.74, 6) is 0.257. The quantitative estimate of drug-likeness (QED) is 0.243. The number of esters is 2. The first-order valence-electron chi connectivity index (χ1n) is 10.4. The second-order valence-corrected chi connectivity index (χ2v) is 6.91. The summed E-state index contributed by atoms with van der Waals surface area (Å²) in [6.07, 6.45) is 12.6. The molecule has 0 N–H and O–H groups in total. The van der Waals surface area contributed by atoms with E-state index in [1.54, 1.807) is 0 Å². The molecule has 148 valence electrons. The fraction of sp³-hybridized carbons (Fsp3) is 0.905. The van der Waals surface area contributed by atoms with Crippen LogP contribution in [0.3, 0.4) is 0 Å². The predicted octanol–water partition coefficient (Wildman–Crippen LogP) is 5.82. The van der Waals surface area contributed by atoms with Crippen molar-refractivity contribution >= 4 is 11.9 Å². The van der Waals surface area contributed by atoms with Crippen molar-refractivity contribution < 1.29 is 19.1 Å². The number of carbonyl (C=O) groups is 2.